The van der Waals surface area contributed by atoms with E-state index in [1.165, 1.54) is 11.8 Å². The number of hydrogen-bond donors (Lipinski definition) is 2. The lowest BCUT2D eigenvalue weighted by molar-refractivity contribution is -0.115. The first-order valence-corrected chi connectivity index (χ1v) is 11.0. The molecule has 0 saturated carbocycles. The lowest BCUT2D eigenvalue weighted by Gasteiger charge is -2.17. The maximum absolute atomic E-state index is 12.8. The number of nitrogens with one attached hydrogen (secondary N) is 2. The summed E-state index contributed by atoms with van der Waals surface area (Å²) in [5, 5.41) is 6.22. The van der Waals surface area contributed by atoms with Crippen molar-refractivity contribution in [1.82, 2.24) is 5.32 Å². The molecule has 2 amide bonds. The largest absolute Gasteiger partial charge is 0.376 e. The predicted octanol–water partition coefficient (Wildman–Crippen LogP) is 4.76. The number of amides is 2. The van der Waals surface area contributed by atoms with Crippen molar-refractivity contribution in [2.24, 2.45) is 0 Å². The number of carbonyl (C=O) groups is 2. The second-order valence-corrected chi connectivity index (χ2v) is 8.56. The van der Waals surface area contributed by atoms with Gasteiger partial charge in [0.2, 0.25) is 5.91 Å². The molecule has 1 aliphatic heterocycles. The zero-order valence-electron chi connectivity index (χ0n) is 16.3. The van der Waals surface area contributed by atoms with Crippen LogP contribution in [0.15, 0.2) is 53.4 Å². The van der Waals surface area contributed by atoms with Gasteiger partial charge in [-0.1, -0.05) is 30.7 Å². The summed E-state index contributed by atoms with van der Waals surface area (Å²) in [4.78, 5) is 26.4. The molecule has 0 aromatic heterocycles. The van der Waals surface area contributed by atoms with Crippen LogP contribution in [-0.2, 0) is 9.53 Å². The smallest absolute Gasteiger partial charge is 0.253 e. The van der Waals surface area contributed by atoms with E-state index in [9.17, 15) is 9.59 Å². The quantitative estimate of drug-likeness (QED) is 0.590. The highest BCUT2D eigenvalue weighted by molar-refractivity contribution is 8.00. The van der Waals surface area contributed by atoms with Gasteiger partial charge in [-0.05, 0) is 55.7 Å². The van der Waals surface area contributed by atoms with E-state index >= 15 is 0 Å². The third-order valence-electron chi connectivity index (χ3n) is 4.70. The van der Waals surface area contributed by atoms with Crippen molar-refractivity contribution >= 4 is 40.9 Å². The first-order valence-electron chi connectivity index (χ1n) is 9.78. The molecule has 2 atom stereocenters. The summed E-state index contributed by atoms with van der Waals surface area (Å²) < 4.78 is 5.55. The van der Waals surface area contributed by atoms with Crippen molar-refractivity contribution in [3.05, 3.63) is 59.1 Å². The molecule has 7 heteroatoms. The summed E-state index contributed by atoms with van der Waals surface area (Å²) in [6, 6.07) is 14.5. The second-order valence-electron chi connectivity index (χ2n) is 6.85. The molecule has 1 saturated heterocycles. The number of anilines is 1. The molecule has 0 spiro atoms. The Labute approximate surface area is 180 Å². The standard InChI is InChI=1S/C22H25ClN2O3S/c1-2-20(29-17-11-9-15(23)10-12-17)22(27)25-19-8-4-3-7-18(19)21(26)24-14-16-6-5-13-28-16/h3-4,7-12,16,20H,2,5-6,13-14H2,1H3,(H,24,26)(H,25,27). The summed E-state index contributed by atoms with van der Waals surface area (Å²) >= 11 is 7.41. The number of rotatable bonds is 8. The van der Waals surface area contributed by atoms with E-state index in [4.69, 9.17) is 16.3 Å². The Morgan fingerprint density at radius 3 is 2.66 bits per heavy atom. The number of thioether (sulfide) groups is 1. The highest BCUT2D eigenvalue weighted by atomic mass is 35.5. The van der Waals surface area contributed by atoms with Gasteiger partial charge in [0.1, 0.15) is 0 Å². The van der Waals surface area contributed by atoms with Crippen LogP contribution in [0.5, 0.6) is 0 Å². The van der Waals surface area contributed by atoms with E-state index in [1.54, 1.807) is 24.3 Å². The van der Waals surface area contributed by atoms with Gasteiger partial charge in [0.25, 0.3) is 5.91 Å². The van der Waals surface area contributed by atoms with Crippen LogP contribution < -0.4 is 10.6 Å². The summed E-state index contributed by atoms with van der Waals surface area (Å²) in [5.74, 6) is -0.346. The number of para-hydroxylation sites is 1. The fraction of sp³-hybridized carbons (Fsp3) is 0.364. The van der Waals surface area contributed by atoms with E-state index in [0.29, 0.717) is 29.2 Å². The lowest BCUT2D eigenvalue weighted by Crippen LogP contribution is -2.33. The summed E-state index contributed by atoms with van der Waals surface area (Å²) in [6.45, 7) is 3.19. The predicted molar refractivity (Wildman–Crippen MR) is 118 cm³/mol. The Hall–Kier alpha value is -2.02. The van der Waals surface area contributed by atoms with E-state index in [2.05, 4.69) is 10.6 Å². The molecule has 0 aliphatic carbocycles. The highest BCUT2D eigenvalue weighted by Crippen LogP contribution is 2.28. The maximum Gasteiger partial charge on any atom is 0.253 e. The van der Waals surface area contributed by atoms with E-state index in [-0.39, 0.29) is 23.2 Å². The summed E-state index contributed by atoms with van der Waals surface area (Å²) in [7, 11) is 0. The molecule has 2 aromatic rings. The van der Waals surface area contributed by atoms with Crippen LogP contribution in [0.3, 0.4) is 0 Å². The molecule has 5 nitrogen and oxygen atoms in total. The van der Waals surface area contributed by atoms with Crippen molar-refractivity contribution in [2.45, 2.75) is 42.4 Å². The first-order chi connectivity index (χ1) is 14.1. The number of hydrogen-bond acceptors (Lipinski definition) is 4. The highest BCUT2D eigenvalue weighted by Gasteiger charge is 2.21. The van der Waals surface area contributed by atoms with Gasteiger partial charge in [0, 0.05) is 23.1 Å². The monoisotopic (exact) mass is 432 g/mol. The molecule has 2 N–H and O–H groups in total. The Morgan fingerprint density at radius 1 is 1.21 bits per heavy atom. The molecule has 1 aliphatic rings. The Bertz CT molecular complexity index is 838. The van der Waals surface area contributed by atoms with Crippen LogP contribution in [-0.4, -0.2) is 36.3 Å². The average molecular weight is 433 g/mol. The summed E-state index contributed by atoms with van der Waals surface area (Å²) in [6.07, 6.45) is 2.71. The maximum atomic E-state index is 12.8. The summed E-state index contributed by atoms with van der Waals surface area (Å²) in [5.41, 5.74) is 0.961. The van der Waals surface area contributed by atoms with Gasteiger partial charge in [0.15, 0.2) is 0 Å². The van der Waals surface area contributed by atoms with Gasteiger partial charge in [-0.15, -0.1) is 11.8 Å². The molecule has 0 bridgehead atoms. The molecule has 1 heterocycles. The fourth-order valence-corrected chi connectivity index (χ4v) is 4.19. The van der Waals surface area contributed by atoms with Crippen molar-refractivity contribution < 1.29 is 14.3 Å². The molecule has 0 radical (unpaired) electrons. The van der Waals surface area contributed by atoms with Crippen LogP contribution in [0.4, 0.5) is 5.69 Å². The molecule has 3 rings (SSSR count). The number of ether oxygens (including phenoxy) is 1. The molecule has 154 valence electrons. The normalized spacial score (nSPS) is 17.0. The minimum atomic E-state index is -0.279. The van der Waals surface area contributed by atoms with Crippen molar-refractivity contribution in [3.8, 4) is 0 Å². The average Bonchev–Trinajstić information content (AvgIpc) is 3.25. The van der Waals surface area contributed by atoms with Gasteiger partial charge < -0.3 is 15.4 Å². The van der Waals surface area contributed by atoms with Gasteiger partial charge in [-0.25, -0.2) is 0 Å². The van der Waals surface area contributed by atoms with Crippen LogP contribution in [0, 0.1) is 0 Å². The van der Waals surface area contributed by atoms with Gasteiger partial charge in [-0.2, -0.15) is 0 Å². The molecule has 2 unspecified atom stereocenters. The van der Waals surface area contributed by atoms with E-state index in [0.717, 1.165) is 24.3 Å². The third kappa shape index (κ3) is 6.23. The van der Waals surface area contributed by atoms with Crippen molar-refractivity contribution in [2.75, 3.05) is 18.5 Å². The molecule has 1 fully saturated rings. The molecular formula is C22H25ClN2O3S. The topological polar surface area (TPSA) is 67.4 Å². The van der Waals surface area contributed by atoms with Crippen LogP contribution in [0.2, 0.25) is 5.02 Å². The third-order valence-corrected chi connectivity index (χ3v) is 6.33. The van der Waals surface area contributed by atoms with Crippen LogP contribution >= 0.6 is 23.4 Å². The van der Waals surface area contributed by atoms with Gasteiger partial charge in [0.05, 0.1) is 22.6 Å². The SMILES string of the molecule is CCC(Sc1ccc(Cl)cc1)C(=O)Nc1ccccc1C(=O)NCC1CCCO1. The van der Waals surface area contributed by atoms with Gasteiger partial charge >= 0.3 is 0 Å². The van der Waals surface area contributed by atoms with Crippen molar-refractivity contribution in [1.29, 1.82) is 0 Å². The Kier molecular flexibility index (Phi) is 7.98. The molecule has 29 heavy (non-hydrogen) atoms. The zero-order valence-corrected chi connectivity index (χ0v) is 17.9. The first kappa shape index (κ1) is 21.7. The molecule has 2 aromatic carbocycles. The number of carbonyl (C=O) groups excluding carboxylic acids is 2. The minimum Gasteiger partial charge on any atom is -0.376 e. The lowest BCUT2D eigenvalue weighted by atomic mass is 10.1. The van der Waals surface area contributed by atoms with Crippen molar-refractivity contribution in [3.63, 3.8) is 0 Å². The van der Waals surface area contributed by atoms with E-state index in [1.807, 2.05) is 31.2 Å². The zero-order chi connectivity index (χ0) is 20.6. The minimum absolute atomic E-state index is 0.0703. The van der Waals surface area contributed by atoms with Crippen LogP contribution in [0.1, 0.15) is 36.5 Å². The fourth-order valence-electron chi connectivity index (χ4n) is 3.11. The van der Waals surface area contributed by atoms with Gasteiger partial charge in [-0.3, -0.25) is 9.59 Å². The number of halogens is 1. The van der Waals surface area contributed by atoms with Crippen LogP contribution in [0.25, 0.3) is 0 Å². The van der Waals surface area contributed by atoms with E-state index < -0.39 is 0 Å². The Morgan fingerprint density at radius 2 is 1.97 bits per heavy atom. The molecular weight excluding hydrogens is 408 g/mol. The number of benzene rings is 2. The second kappa shape index (κ2) is 10.7. The Balaban J connectivity index is 1.64.